The predicted molar refractivity (Wildman–Crippen MR) is 76.3 cm³/mol. The van der Waals surface area contributed by atoms with E-state index in [1.807, 2.05) is 32.9 Å². The molecule has 1 rings (SSSR count). The van der Waals surface area contributed by atoms with Crippen molar-refractivity contribution >= 4 is 46.0 Å². The summed E-state index contributed by atoms with van der Waals surface area (Å²) in [6, 6.07) is 7.19. The Balaban J connectivity index is 0.00000256. The minimum absolute atomic E-state index is 0. The number of rotatable bonds is 2. The van der Waals surface area contributed by atoms with E-state index >= 15 is 0 Å². The Labute approximate surface area is 121 Å². The Morgan fingerprint density at radius 1 is 1.35 bits per heavy atom. The van der Waals surface area contributed by atoms with E-state index in [1.165, 1.54) is 4.53 Å². The van der Waals surface area contributed by atoms with E-state index in [-0.39, 0.29) is 23.9 Å². The number of carbonyl (C=O) groups is 1. The molecule has 0 aliphatic rings. The standard InChI is InChI=1S/C11H14BrClN2O.ClH/c1-11(2,3)15(13)14-10(16)8-6-4-5-7-9(8)12;/h4-7H,1-3H3,(H,14,16);1H. The molecule has 0 saturated heterocycles. The van der Waals surface area contributed by atoms with Crippen LogP contribution in [0.15, 0.2) is 28.7 Å². The number of nitrogens with one attached hydrogen (secondary N) is 1. The first-order chi connectivity index (χ1) is 7.32. The first-order valence-corrected chi connectivity index (χ1v) is 5.97. The lowest BCUT2D eigenvalue weighted by molar-refractivity contribution is 0.0805. The Kier molecular flexibility index (Phi) is 6.48. The largest absolute Gasteiger partial charge is 0.270 e. The SMILES string of the molecule is CC(C)(C)N(Cl)NC(=O)c1ccccc1Br.Cl. The van der Waals surface area contributed by atoms with E-state index in [1.54, 1.807) is 12.1 Å². The maximum absolute atomic E-state index is 11.9. The van der Waals surface area contributed by atoms with E-state index in [9.17, 15) is 4.79 Å². The van der Waals surface area contributed by atoms with Gasteiger partial charge in [-0.15, -0.1) is 16.9 Å². The van der Waals surface area contributed by atoms with Crippen LogP contribution in [-0.4, -0.2) is 16.0 Å². The van der Waals surface area contributed by atoms with Crippen molar-refractivity contribution in [2.75, 3.05) is 0 Å². The molecule has 0 bridgehead atoms. The first-order valence-electron chi connectivity index (χ1n) is 4.84. The smallest absolute Gasteiger partial charge is 0.267 e. The van der Waals surface area contributed by atoms with Gasteiger partial charge in [0.25, 0.3) is 5.91 Å². The molecule has 1 aromatic rings. The molecule has 0 radical (unpaired) electrons. The third-order valence-electron chi connectivity index (χ3n) is 1.91. The summed E-state index contributed by atoms with van der Waals surface area (Å²) in [5, 5.41) is 0. The zero-order chi connectivity index (χ0) is 12.3. The minimum atomic E-state index is -0.335. The number of carbonyl (C=O) groups excluding carboxylic acids is 1. The Hall–Kier alpha value is -0.290. The maximum Gasteiger partial charge on any atom is 0.267 e. The molecule has 0 unspecified atom stereocenters. The van der Waals surface area contributed by atoms with Gasteiger partial charge in [-0.05, 0) is 48.8 Å². The highest BCUT2D eigenvalue weighted by molar-refractivity contribution is 9.10. The first kappa shape index (κ1) is 16.7. The third kappa shape index (κ3) is 4.84. The fraction of sp³-hybridized carbons (Fsp3) is 0.364. The fourth-order valence-corrected chi connectivity index (χ4v) is 1.50. The van der Waals surface area contributed by atoms with Gasteiger partial charge in [-0.2, -0.15) is 0 Å². The summed E-state index contributed by atoms with van der Waals surface area (Å²) in [7, 11) is 0. The highest BCUT2D eigenvalue weighted by Gasteiger charge is 2.22. The lowest BCUT2D eigenvalue weighted by atomic mass is 10.1. The molecule has 1 aromatic carbocycles. The van der Waals surface area contributed by atoms with Gasteiger partial charge < -0.3 is 0 Å². The van der Waals surface area contributed by atoms with Crippen molar-refractivity contribution in [2.24, 2.45) is 0 Å². The Bertz CT molecular complexity index is 393. The number of hydrogen-bond donors (Lipinski definition) is 1. The topological polar surface area (TPSA) is 32.3 Å². The van der Waals surface area contributed by atoms with Crippen LogP contribution in [0.3, 0.4) is 0 Å². The summed E-state index contributed by atoms with van der Waals surface area (Å²) in [6.07, 6.45) is 0. The zero-order valence-corrected chi connectivity index (χ0v) is 13.0. The fourth-order valence-electron chi connectivity index (χ4n) is 0.962. The summed E-state index contributed by atoms with van der Waals surface area (Å²) in [5.41, 5.74) is 2.83. The molecule has 1 N–H and O–H groups in total. The molecule has 0 aromatic heterocycles. The second-order valence-corrected chi connectivity index (χ2v) is 5.56. The second kappa shape index (κ2) is 6.59. The molecule has 0 fully saturated rings. The molecule has 0 saturated carbocycles. The summed E-state index contributed by atoms with van der Waals surface area (Å²) in [4.78, 5) is 11.9. The van der Waals surface area contributed by atoms with Crippen LogP contribution >= 0.6 is 40.1 Å². The second-order valence-electron chi connectivity index (χ2n) is 4.37. The van der Waals surface area contributed by atoms with E-state index < -0.39 is 0 Å². The van der Waals surface area contributed by atoms with Crippen LogP contribution in [0.5, 0.6) is 0 Å². The normalized spacial score (nSPS) is 10.9. The molecular weight excluding hydrogens is 327 g/mol. The van der Waals surface area contributed by atoms with Crippen LogP contribution in [-0.2, 0) is 0 Å². The van der Waals surface area contributed by atoms with Gasteiger partial charge >= 0.3 is 0 Å². The third-order valence-corrected chi connectivity index (χ3v) is 3.19. The van der Waals surface area contributed by atoms with Gasteiger partial charge in [0.05, 0.1) is 5.56 Å². The van der Waals surface area contributed by atoms with Crippen LogP contribution in [0.25, 0.3) is 0 Å². The van der Waals surface area contributed by atoms with Gasteiger partial charge in [0.15, 0.2) is 0 Å². The van der Waals surface area contributed by atoms with Crippen LogP contribution in [0.1, 0.15) is 31.1 Å². The number of hydrogen-bond acceptors (Lipinski definition) is 2. The molecule has 0 aliphatic carbocycles. The molecular formula is C11H15BrCl2N2O. The van der Waals surface area contributed by atoms with Crippen molar-refractivity contribution in [1.29, 1.82) is 0 Å². The highest BCUT2D eigenvalue weighted by atomic mass is 79.9. The van der Waals surface area contributed by atoms with Crippen LogP contribution in [0.2, 0.25) is 0 Å². The lowest BCUT2D eigenvalue weighted by Crippen LogP contribution is -2.46. The monoisotopic (exact) mass is 340 g/mol. The van der Waals surface area contributed by atoms with E-state index in [0.29, 0.717) is 5.56 Å². The van der Waals surface area contributed by atoms with Crippen molar-refractivity contribution in [1.82, 2.24) is 9.95 Å². The summed E-state index contributed by atoms with van der Waals surface area (Å²) in [5.74, 6) is -0.239. The summed E-state index contributed by atoms with van der Waals surface area (Å²) >= 11 is 9.25. The molecule has 17 heavy (non-hydrogen) atoms. The number of nitrogens with zero attached hydrogens (tertiary/aromatic N) is 1. The average molecular weight is 342 g/mol. The molecule has 96 valence electrons. The summed E-state index contributed by atoms with van der Waals surface area (Å²) < 4.78 is 2.01. The number of amides is 1. The number of halogens is 3. The zero-order valence-electron chi connectivity index (χ0n) is 9.83. The average Bonchev–Trinajstić information content (AvgIpc) is 2.16. The molecule has 3 nitrogen and oxygen atoms in total. The van der Waals surface area contributed by atoms with Crippen molar-refractivity contribution in [2.45, 2.75) is 26.3 Å². The van der Waals surface area contributed by atoms with E-state index in [2.05, 4.69) is 21.4 Å². The summed E-state index contributed by atoms with van der Waals surface area (Å²) in [6.45, 7) is 5.71. The predicted octanol–water partition coefficient (Wildman–Crippen LogP) is 3.77. The molecule has 0 spiro atoms. The van der Waals surface area contributed by atoms with Gasteiger partial charge in [-0.25, -0.2) is 0 Å². The minimum Gasteiger partial charge on any atom is -0.270 e. The molecule has 1 amide bonds. The van der Waals surface area contributed by atoms with Gasteiger partial charge in [-0.3, -0.25) is 10.2 Å². The van der Waals surface area contributed by atoms with Crippen LogP contribution in [0, 0.1) is 0 Å². The van der Waals surface area contributed by atoms with Crippen LogP contribution in [0.4, 0.5) is 0 Å². The van der Waals surface area contributed by atoms with Crippen molar-refractivity contribution < 1.29 is 4.79 Å². The molecule has 6 heteroatoms. The number of hydrazine groups is 1. The highest BCUT2D eigenvalue weighted by Crippen LogP contribution is 2.18. The number of benzene rings is 1. The quantitative estimate of drug-likeness (QED) is 0.656. The van der Waals surface area contributed by atoms with Gasteiger partial charge in [0.1, 0.15) is 0 Å². The van der Waals surface area contributed by atoms with Crippen molar-refractivity contribution in [3.8, 4) is 0 Å². The van der Waals surface area contributed by atoms with Gasteiger partial charge in [0, 0.05) is 21.8 Å². The molecule has 0 atom stereocenters. The van der Waals surface area contributed by atoms with E-state index in [0.717, 1.165) is 4.47 Å². The van der Waals surface area contributed by atoms with E-state index in [4.69, 9.17) is 11.8 Å². The maximum atomic E-state index is 11.9. The Morgan fingerprint density at radius 2 is 1.88 bits per heavy atom. The lowest BCUT2D eigenvalue weighted by Gasteiger charge is -2.28. The van der Waals surface area contributed by atoms with Crippen molar-refractivity contribution in [3.05, 3.63) is 34.3 Å². The molecule has 0 heterocycles. The van der Waals surface area contributed by atoms with Crippen LogP contribution < -0.4 is 5.43 Å². The van der Waals surface area contributed by atoms with Crippen molar-refractivity contribution in [3.63, 3.8) is 0 Å². The Morgan fingerprint density at radius 3 is 2.35 bits per heavy atom. The molecule has 0 aliphatic heterocycles. The van der Waals surface area contributed by atoms with Gasteiger partial charge in [0.2, 0.25) is 0 Å². The van der Waals surface area contributed by atoms with Gasteiger partial charge in [-0.1, -0.05) is 12.1 Å².